The van der Waals surface area contributed by atoms with Crippen LogP contribution in [0.25, 0.3) is 0 Å². The van der Waals surface area contributed by atoms with Crippen LogP contribution in [0.1, 0.15) is 64.7 Å². The van der Waals surface area contributed by atoms with Crippen LogP contribution in [0.15, 0.2) is 0 Å². The summed E-state index contributed by atoms with van der Waals surface area (Å²) in [6.07, 6.45) is 12.5. The normalized spacial score (nSPS) is 12.0. The van der Waals surface area contributed by atoms with Gasteiger partial charge in [0.25, 0.3) is 6.69 Å². The smallest absolute Gasteiger partial charge is 0.275 e. The van der Waals surface area contributed by atoms with Crippen molar-refractivity contribution in [2.75, 3.05) is 26.6 Å². The molecule has 2 nitrogen and oxygen atoms in total. The first-order valence-corrected chi connectivity index (χ1v) is 12.5. The van der Waals surface area contributed by atoms with Crippen LogP contribution < -0.4 is 0 Å². The lowest BCUT2D eigenvalue weighted by atomic mass is 10.1. The van der Waals surface area contributed by atoms with Gasteiger partial charge in [-0.1, -0.05) is 64.7 Å². The predicted octanol–water partition coefficient (Wildman–Crippen LogP) is 5.64. The van der Waals surface area contributed by atoms with E-state index in [2.05, 4.69) is 6.92 Å². The van der Waals surface area contributed by atoms with Gasteiger partial charge in [0.05, 0.1) is 19.4 Å². The molecule has 0 rings (SSSR count). The van der Waals surface area contributed by atoms with Crippen molar-refractivity contribution in [1.82, 2.24) is 0 Å². The van der Waals surface area contributed by atoms with Crippen LogP contribution in [0, 0.1) is 0 Å². The van der Waals surface area contributed by atoms with E-state index in [-0.39, 0.29) is 0 Å². The summed E-state index contributed by atoms with van der Waals surface area (Å²) in [5.74, 6) is 0. The Balaban J connectivity index is 3.30. The van der Waals surface area contributed by atoms with Gasteiger partial charge in [-0.15, -0.1) is 22.2 Å². The highest BCUT2D eigenvalue weighted by Gasteiger charge is 2.27. The number of hydrogen-bond acceptors (Lipinski definition) is 2. The molecule has 0 spiro atoms. The lowest BCUT2D eigenvalue weighted by Gasteiger charge is -2.16. The first-order valence-electron chi connectivity index (χ1n) is 8.07. The maximum absolute atomic E-state index is 6.35. The summed E-state index contributed by atoms with van der Waals surface area (Å²) in [6, 6.07) is 0.943. The lowest BCUT2D eigenvalue weighted by molar-refractivity contribution is 0.0916. The van der Waals surface area contributed by atoms with E-state index in [1.807, 2.05) is 0 Å². The monoisotopic (exact) mass is 342 g/mol. The van der Waals surface area contributed by atoms with E-state index < -0.39 is 6.69 Å². The van der Waals surface area contributed by atoms with Crippen molar-refractivity contribution in [2.24, 2.45) is 0 Å². The molecule has 0 fully saturated rings. The standard InChI is InChI=1S/C15H32Cl2O2Si/c1-3-4-5-6-7-8-9-10-11-14-20(16,17)15-19-13-12-18-2/h3-15H2,1-2H3. The Hall–Kier alpha value is 0.717. The zero-order valence-electron chi connectivity index (χ0n) is 13.3. The van der Waals surface area contributed by atoms with Crippen molar-refractivity contribution >= 4 is 28.9 Å². The van der Waals surface area contributed by atoms with E-state index in [1.165, 1.54) is 51.4 Å². The molecule has 0 radical (unpaired) electrons. The predicted molar refractivity (Wildman–Crippen MR) is 92.2 cm³/mol. The molecule has 5 heteroatoms. The van der Waals surface area contributed by atoms with Crippen LogP contribution in [0.5, 0.6) is 0 Å². The molecule has 0 N–H and O–H groups in total. The van der Waals surface area contributed by atoms with Crippen molar-refractivity contribution in [3.63, 3.8) is 0 Å². The van der Waals surface area contributed by atoms with E-state index in [0.717, 1.165) is 12.5 Å². The molecule has 122 valence electrons. The Morgan fingerprint density at radius 2 is 1.35 bits per heavy atom. The van der Waals surface area contributed by atoms with E-state index in [0.29, 0.717) is 19.4 Å². The zero-order valence-corrected chi connectivity index (χ0v) is 15.8. The third-order valence-corrected chi connectivity index (χ3v) is 6.89. The van der Waals surface area contributed by atoms with E-state index in [4.69, 9.17) is 31.6 Å². The van der Waals surface area contributed by atoms with Crippen molar-refractivity contribution in [2.45, 2.75) is 70.8 Å². The SMILES string of the molecule is CCCCCCCCCCC[Si](Cl)(Cl)COCCOC. The minimum absolute atomic E-state index is 0.524. The fourth-order valence-electron chi connectivity index (χ4n) is 2.13. The van der Waals surface area contributed by atoms with Crippen molar-refractivity contribution in [3.8, 4) is 0 Å². The van der Waals surface area contributed by atoms with Crippen LogP contribution in [-0.4, -0.2) is 33.2 Å². The third-order valence-electron chi connectivity index (χ3n) is 3.39. The molecular formula is C15H32Cl2O2Si. The second-order valence-electron chi connectivity index (χ2n) is 5.48. The van der Waals surface area contributed by atoms with Gasteiger partial charge in [0, 0.05) is 7.11 Å². The van der Waals surface area contributed by atoms with E-state index in [9.17, 15) is 0 Å². The Kier molecular flexibility index (Phi) is 15.2. The summed E-state index contributed by atoms with van der Waals surface area (Å²) in [6.45, 7) is 1.28. The topological polar surface area (TPSA) is 18.5 Å². The average molecular weight is 343 g/mol. The molecule has 0 saturated carbocycles. The summed E-state index contributed by atoms with van der Waals surface area (Å²) < 4.78 is 10.4. The van der Waals surface area contributed by atoms with Gasteiger partial charge in [-0.2, -0.15) is 0 Å². The largest absolute Gasteiger partial charge is 0.382 e. The van der Waals surface area contributed by atoms with E-state index in [1.54, 1.807) is 7.11 Å². The van der Waals surface area contributed by atoms with Crippen molar-refractivity contribution in [3.05, 3.63) is 0 Å². The first kappa shape index (κ1) is 20.7. The number of hydrogen-bond donors (Lipinski definition) is 0. The highest BCUT2D eigenvalue weighted by atomic mass is 35.7. The van der Waals surface area contributed by atoms with Gasteiger partial charge in [0.2, 0.25) is 0 Å². The van der Waals surface area contributed by atoms with Gasteiger partial charge in [0.1, 0.15) is 0 Å². The molecule has 0 heterocycles. The molecule has 0 aromatic heterocycles. The number of methoxy groups -OCH3 is 1. The fourth-order valence-corrected chi connectivity index (χ4v) is 4.75. The Morgan fingerprint density at radius 1 is 0.800 bits per heavy atom. The maximum Gasteiger partial charge on any atom is 0.275 e. The van der Waals surface area contributed by atoms with Gasteiger partial charge < -0.3 is 9.47 Å². The summed E-state index contributed by atoms with van der Waals surface area (Å²) in [4.78, 5) is 0. The first-order chi connectivity index (χ1) is 9.62. The number of rotatable bonds is 15. The molecule has 0 aliphatic heterocycles. The molecule has 0 aromatic rings. The zero-order chi connectivity index (χ0) is 15.1. The molecule has 0 atom stereocenters. The minimum Gasteiger partial charge on any atom is -0.382 e. The van der Waals surface area contributed by atoms with Crippen molar-refractivity contribution < 1.29 is 9.47 Å². The number of ether oxygens (including phenoxy) is 2. The van der Waals surface area contributed by atoms with Crippen LogP contribution in [0.3, 0.4) is 0 Å². The third kappa shape index (κ3) is 15.1. The Morgan fingerprint density at radius 3 is 1.90 bits per heavy atom. The van der Waals surface area contributed by atoms with Crippen LogP contribution in [0.2, 0.25) is 6.04 Å². The molecule has 0 bridgehead atoms. The van der Waals surface area contributed by atoms with Gasteiger partial charge in [-0.3, -0.25) is 0 Å². The number of unbranched alkanes of at least 4 members (excludes halogenated alkanes) is 8. The van der Waals surface area contributed by atoms with E-state index >= 15 is 0 Å². The number of halogens is 2. The van der Waals surface area contributed by atoms with Gasteiger partial charge in [-0.05, 0) is 6.04 Å². The molecule has 0 unspecified atom stereocenters. The molecule has 0 saturated heterocycles. The summed E-state index contributed by atoms with van der Waals surface area (Å²) in [5.41, 5.74) is 0. The molecule has 0 amide bonds. The van der Waals surface area contributed by atoms with Crippen LogP contribution >= 0.6 is 22.2 Å². The minimum atomic E-state index is -2.17. The molecule has 0 aliphatic carbocycles. The van der Waals surface area contributed by atoms with Gasteiger partial charge in [-0.25, -0.2) is 0 Å². The van der Waals surface area contributed by atoms with Crippen molar-refractivity contribution in [1.29, 1.82) is 0 Å². The highest BCUT2D eigenvalue weighted by Crippen LogP contribution is 2.24. The summed E-state index contributed by atoms with van der Waals surface area (Å²) >= 11 is 12.7. The average Bonchev–Trinajstić information content (AvgIpc) is 2.42. The lowest BCUT2D eigenvalue weighted by Crippen LogP contribution is -2.28. The van der Waals surface area contributed by atoms with Crippen LogP contribution in [0.4, 0.5) is 0 Å². The molecule has 0 aromatic carbocycles. The molecule has 20 heavy (non-hydrogen) atoms. The maximum atomic E-state index is 6.35. The molecule has 0 aliphatic rings. The van der Waals surface area contributed by atoms with Gasteiger partial charge >= 0.3 is 0 Å². The second kappa shape index (κ2) is 14.6. The van der Waals surface area contributed by atoms with Gasteiger partial charge in [0.15, 0.2) is 0 Å². The summed E-state index contributed by atoms with van der Waals surface area (Å²) in [7, 11) is 1.66. The highest BCUT2D eigenvalue weighted by molar-refractivity contribution is 7.45. The quantitative estimate of drug-likeness (QED) is 0.218. The Bertz CT molecular complexity index is 204. The molecular weight excluding hydrogens is 311 g/mol. The summed E-state index contributed by atoms with van der Waals surface area (Å²) in [5, 5.41) is 0. The fraction of sp³-hybridized carbons (Fsp3) is 1.00. The van der Waals surface area contributed by atoms with Crippen LogP contribution in [-0.2, 0) is 9.47 Å². The second-order valence-corrected chi connectivity index (χ2v) is 12.9. The Labute approximate surface area is 135 Å².